The van der Waals surface area contributed by atoms with Crippen LogP contribution in [0.3, 0.4) is 0 Å². The highest BCUT2D eigenvalue weighted by atomic mass is 16.6. The van der Waals surface area contributed by atoms with Crippen molar-refractivity contribution in [2.45, 2.75) is 31.1 Å². The second kappa shape index (κ2) is 5.08. The van der Waals surface area contributed by atoms with Crippen LogP contribution in [0, 0.1) is 5.92 Å². The predicted octanol–water partition coefficient (Wildman–Crippen LogP) is 2.10. The third kappa shape index (κ3) is 1.94. The van der Waals surface area contributed by atoms with Crippen molar-refractivity contribution in [2.24, 2.45) is 13.0 Å². The number of nitrogens with zero attached hydrogens (tertiary/aromatic N) is 2. The van der Waals surface area contributed by atoms with Crippen LogP contribution in [0.2, 0.25) is 0 Å². The highest BCUT2D eigenvalue weighted by Gasteiger charge is 2.41. The first-order valence-corrected chi connectivity index (χ1v) is 8.08. The maximum absolute atomic E-state index is 10.1. The molecular weight excluding hydrogens is 276 g/mol. The van der Waals surface area contributed by atoms with Gasteiger partial charge in [0.2, 0.25) is 0 Å². The van der Waals surface area contributed by atoms with Crippen molar-refractivity contribution in [3.8, 4) is 0 Å². The van der Waals surface area contributed by atoms with Crippen LogP contribution in [-0.2, 0) is 18.2 Å². The van der Waals surface area contributed by atoms with E-state index in [0.29, 0.717) is 12.0 Å². The number of hydrogen-bond acceptors (Lipinski definition) is 3. The Morgan fingerprint density at radius 1 is 1.32 bits per heavy atom. The summed E-state index contributed by atoms with van der Waals surface area (Å²) in [6.07, 6.45) is 3.72. The molecule has 2 aromatic rings. The van der Waals surface area contributed by atoms with Crippen molar-refractivity contribution in [3.05, 3.63) is 35.5 Å². The van der Waals surface area contributed by atoms with E-state index in [9.17, 15) is 5.11 Å². The molecule has 1 aromatic carbocycles. The van der Waals surface area contributed by atoms with Gasteiger partial charge >= 0.3 is 0 Å². The van der Waals surface area contributed by atoms with E-state index in [-0.39, 0.29) is 5.92 Å². The van der Waals surface area contributed by atoms with Crippen LogP contribution in [0.15, 0.2) is 24.4 Å². The fraction of sp³-hybridized carbons (Fsp3) is 0.556. The highest BCUT2D eigenvalue weighted by molar-refractivity contribution is 5.89. The van der Waals surface area contributed by atoms with Crippen molar-refractivity contribution in [1.29, 1.82) is 0 Å². The van der Waals surface area contributed by atoms with Crippen LogP contribution in [0.25, 0.3) is 10.9 Å². The molecule has 0 radical (unpaired) electrons. The van der Waals surface area contributed by atoms with E-state index in [1.54, 1.807) is 7.11 Å². The summed E-state index contributed by atoms with van der Waals surface area (Å²) in [5.41, 5.74) is 4.24. The molecule has 1 aliphatic heterocycles. The fourth-order valence-corrected chi connectivity index (χ4v) is 4.66. The number of aryl methyl sites for hydroxylation is 1. The zero-order valence-electron chi connectivity index (χ0n) is 13.5. The van der Waals surface area contributed by atoms with Gasteiger partial charge in [0.05, 0.1) is 0 Å². The van der Waals surface area contributed by atoms with E-state index in [4.69, 9.17) is 4.74 Å². The van der Waals surface area contributed by atoms with E-state index in [1.807, 2.05) is 0 Å². The molecule has 2 aliphatic rings. The van der Waals surface area contributed by atoms with E-state index in [0.717, 1.165) is 19.4 Å². The monoisotopic (exact) mass is 300 g/mol. The number of likely N-dealkylation sites (N-methyl/N-ethyl adjacent to an activating group) is 1. The second-order valence-electron chi connectivity index (χ2n) is 6.95. The number of aliphatic hydroxyl groups is 1. The van der Waals surface area contributed by atoms with Crippen molar-refractivity contribution >= 4 is 10.9 Å². The lowest BCUT2D eigenvalue weighted by Gasteiger charge is -2.46. The minimum atomic E-state index is -0.667. The minimum Gasteiger partial charge on any atom is -0.368 e. The Hall–Kier alpha value is -1.36. The molecule has 0 saturated carbocycles. The van der Waals surface area contributed by atoms with E-state index < -0.39 is 6.29 Å². The number of piperidine rings is 1. The summed E-state index contributed by atoms with van der Waals surface area (Å²) in [6.45, 7) is 0.897. The smallest absolute Gasteiger partial charge is 0.158 e. The topological polar surface area (TPSA) is 37.6 Å². The van der Waals surface area contributed by atoms with Crippen molar-refractivity contribution in [3.63, 3.8) is 0 Å². The molecule has 4 nitrogen and oxygen atoms in total. The quantitative estimate of drug-likeness (QED) is 0.863. The molecule has 4 heteroatoms. The minimum absolute atomic E-state index is 0.178. The Balaban J connectivity index is 1.80. The third-order valence-electron chi connectivity index (χ3n) is 5.71. The number of benzene rings is 1. The van der Waals surface area contributed by atoms with Gasteiger partial charge in [0.25, 0.3) is 0 Å². The molecule has 1 fully saturated rings. The maximum atomic E-state index is 10.1. The summed E-state index contributed by atoms with van der Waals surface area (Å²) in [5, 5.41) is 11.6. The summed E-state index contributed by atoms with van der Waals surface area (Å²) in [5.74, 6) is 0.656. The Kier molecular flexibility index (Phi) is 3.29. The molecule has 2 heterocycles. The maximum Gasteiger partial charge on any atom is 0.158 e. The molecule has 1 aliphatic carbocycles. The summed E-state index contributed by atoms with van der Waals surface area (Å²) in [6, 6.07) is 7.18. The van der Waals surface area contributed by atoms with Gasteiger partial charge in [-0.1, -0.05) is 12.1 Å². The lowest BCUT2D eigenvalue weighted by atomic mass is 9.72. The second-order valence-corrected chi connectivity index (χ2v) is 6.95. The molecule has 1 aromatic heterocycles. The number of methoxy groups -OCH3 is 1. The Labute approximate surface area is 131 Å². The largest absolute Gasteiger partial charge is 0.368 e. The fourth-order valence-electron chi connectivity index (χ4n) is 4.66. The van der Waals surface area contributed by atoms with Gasteiger partial charge in [0.15, 0.2) is 6.29 Å². The summed E-state index contributed by atoms with van der Waals surface area (Å²) < 4.78 is 7.43. The molecule has 0 amide bonds. The summed E-state index contributed by atoms with van der Waals surface area (Å²) in [4.78, 5) is 2.41. The van der Waals surface area contributed by atoms with Crippen LogP contribution in [0.4, 0.5) is 0 Å². The number of likely N-dealkylation sites (tertiary alicyclic amines) is 1. The average molecular weight is 300 g/mol. The Morgan fingerprint density at radius 2 is 2.14 bits per heavy atom. The lowest BCUT2D eigenvalue weighted by molar-refractivity contribution is -0.132. The molecule has 4 atom stereocenters. The molecule has 0 spiro atoms. The van der Waals surface area contributed by atoms with Gasteiger partial charge in [0, 0.05) is 55.7 Å². The van der Waals surface area contributed by atoms with Crippen molar-refractivity contribution in [1.82, 2.24) is 9.47 Å². The molecule has 2 unspecified atom stereocenters. The Morgan fingerprint density at radius 3 is 2.91 bits per heavy atom. The summed E-state index contributed by atoms with van der Waals surface area (Å²) >= 11 is 0. The first-order valence-electron chi connectivity index (χ1n) is 8.08. The number of rotatable bonds is 2. The van der Waals surface area contributed by atoms with Gasteiger partial charge in [0.1, 0.15) is 0 Å². The van der Waals surface area contributed by atoms with E-state index in [2.05, 4.69) is 48.0 Å². The molecule has 1 N–H and O–H groups in total. The first-order chi connectivity index (χ1) is 10.6. The van der Waals surface area contributed by atoms with Crippen molar-refractivity contribution in [2.75, 3.05) is 20.7 Å². The molecule has 4 rings (SSSR count). The standard InChI is InChI=1S/C18H24N2O2/c1-19-9-11-8-16-14(13-5-4-6-15(19)17(11)13)7-12(10-20(16)2)18(21)22-3/h4-6,9,12,14,16,18,21H,7-8,10H2,1-3H3/t12?,14-,16-,18?/m1/s1. The predicted molar refractivity (Wildman–Crippen MR) is 86.9 cm³/mol. The number of fused-ring (bicyclic) bond motifs is 2. The molecule has 0 bridgehead atoms. The Bertz CT molecular complexity index is 708. The van der Waals surface area contributed by atoms with Crippen LogP contribution in [0.1, 0.15) is 23.5 Å². The molecular formula is C18H24N2O2. The van der Waals surface area contributed by atoms with Gasteiger partial charge < -0.3 is 19.3 Å². The number of aliphatic hydroxyl groups excluding tert-OH is 1. The highest BCUT2D eigenvalue weighted by Crippen LogP contribution is 2.45. The van der Waals surface area contributed by atoms with Gasteiger partial charge in [-0.25, -0.2) is 0 Å². The van der Waals surface area contributed by atoms with Gasteiger partial charge in [-0.2, -0.15) is 0 Å². The zero-order chi connectivity index (χ0) is 15.4. The van der Waals surface area contributed by atoms with Crippen LogP contribution >= 0.6 is 0 Å². The number of hydrogen-bond donors (Lipinski definition) is 1. The normalized spacial score (nSPS) is 29.5. The van der Waals surface area contributed by atoms with E-state index >= 15 is 0 Å². The molecule has 118 valence electrons. The molecule has 1 saturated heterocycles. The number of aromatic nitrogens is 1. The zero-order valence-corrected chi connectivity index (χ0v) is 13.5. The number of ether oxygens (including phenoxy) is 1. The van der Waals surface area contributed by atoms with Crippen LogP contribution < -0.4 is 0 Å². The summed E-state index contributed by atoms with van der Waals surface area (Å²) in [7, 11) is 5.90. The first kappa shape index (κ1) is 14.2. The SMILES string of the molecule is COC(O)C1C[C@@H]2c3cccc4c3c(cn4C)C[C@H]2N(C)C1. The van der Waals surface area contributed by atoms with Crippen molar-refractivity contribution < 1.29 is 9.84 Å². The van der Waals surface area contributed by atoms with Gasteiger partial charge in [-0.3, -0.25) is 0 Å². The third-order valence-corrected chi connectivity index (χ3v) is 5.71. The van der Waals surface area contributed by atoms with Gasteiger partial charge in [-0.15, -0.1) is 0 Å². The van der Waals surface area contributed by atoms with Crippen LogP contribution in [0.5, 0.6) is 0 Å². The van der Waals surface area contributed by atoms with Gasteiger partial charge in [-0.05, 0) is 37.1 Å². The molecule has 22 heavy (non-hydrogen) atoms. The van der Waals surface area contributed by atoms with Crippen LogP contribution in [-0.4, -0.2) is 47.6 Å². The lowest BCUT2D eigenvalue weighted by Crippen LogP contribution is -2.50. The van der Waals surface area contributed by atoms with E-state index in [1.165, 1.54) is 22.0 Å². The average Bonchev–Trinajstić information content (AvgIpc) is 2.85.